The van der Waals surface area contributed by atoms with Crippen molar-refractivity contribution < 1.29 is 17.2 Å². The molecule has 0 radical (unpaired) electrons. The van der Waals surface area contributed by atoms with E-state index in [2.05, 4.69) is 0 Å². The molecular formula is C14H23F2NO2S. The smallest absolute Gasteiger partial charge is 0.211 e. The summed E-state index contributed by atoms with van der Waals surface area (Å²) >= 11 is 0. The molecule has 0 aromatic carbocycles. The maximum absolute atomic E-state index is 13.2. The van der Waals surface area contributed by atoms with E-state index in [-0.39, 0.29) is 12.8 Å². The van der Waals surface area contributed by atoms with Crippen molar-refractivity contribution in [3.8, 4) is 0 Å². The average Bonchev–Trinajstić information content (AvgIpc) is 3.19. The van der Waals surface area contributed by atoms with Crippen LogP contribution in [-0.4, -0.2) is 36.0 Å². The van der Waals surface area contributed by atoms with E-state index in [0.29, 0.717) is 12.5 Å². The second kappa shape index (κ2) is 4.63. The van der Waals surface area contributed by atoms with Gasteiger partial charge in [0, 0.05) is 12.1 Å². The molecule has 3 nitrogen and oxygen atoms in total. The topological polar surface area (TPSA) is 37.4 Å². The van der Waals surface area contributed by atoms with Gasteiger partial charge in [-0.25, -0.2) is 17.2 Å². The van der Waals surface area contributed by atoms with Gasteiger partial charge in [0.15, 0.2) is 0 Å². The fourth-order valence-corrected chi connectivity index (χ4v) is 6.42. The number of hydrogen-bond donors (Lipinski definition) is 0. The third kappa shape index (κ3) is 1.86. The maximum Gasteiger partial charge on any atom is 0.259 e. The zero-order valence-electron chi connectivity index (χ0n) is 11.9. The van der Waals surface area contributed by atoms with Gasteiger partial charge in [0.1, 0.15) is 4.75 Å². The molecule has 0 aromatic heterocycles. The summed E-state index contributed by atoms with van der Waals surface area (Å²) in [5.41, 5.74) is -0.413. The third-order valence-corrected chi connectivity index (χ3v) is 8.61. The first-order valence-corrected chi connectivity index (χ1v) is 9.09. The van der Waals surface area contributed by atoms with Gasteiger partial charge in [0.25, 0.3) is 6.43 Å². The SMILES string of the molecule is CC1(C2CCCCC2)CCN1S(=O)(=O)C1(C(F)F)CC1. The molecule has 1 aliphatic heterocycles. The molecule has 2 saturated carbocycles. The van der Waals surface area contributed by atoms with Crippen LogP contribution in [0.2, 0.25) is 0 Å². The van der Waals surface area contributed by atoms with Crippen molar-refractivity contribution in [1.82, 2.24) is 4.31 Å². The van der Waals surface area contributed by atoms with Crippen molar-refractivity contribution in [3.63, 3.8) is 0 Å². The molecule has 116 valence electrons. The molecule has 3 aliphatic rings. The summed E-state index contributed by atoms with van der Waals surface area (Å²) in [6, 6.07) is 0. The Bertz CT molecular complexity index is 483. The number of halogens is 2. The van der Waals surface area contributed by atoms with E-state index in [1.165, 1.54) is 10.7 Å². The molecule has 20 heavy (non-hydrogen) atoms. The van der Waals surface area contributed by atoms with Crippen molar-refractivity contribution in [2.24, 2.45) is 5.92 Å². The van der Waals surface area contributed by atoms with Gasteiger partial charge in [-0.1, -0.05) is 19.3 Å². The van der Waals surface area contributed by atoms with Crippen LogP contribution in [0.3, 0.4) is 0 Å². The Kier molecular flexibility index (Phi) is 3.40. The van der Waals surface area contributed by atoms with Crippen LogP contribution in [0, 0.1) is 5.92 Å². The molecule has 0 bridgehead atoms. The predicted molar refractivity (Wildman–Crippen MR) is 73.2 cm³/mol. The Hall–Kier alpha value is -0.230. The van der Waals surface area contributed by atoms with E-state index in [9.17, 15) is 17.2 Å². The van der Waals surface area contributed by atoms with E-state index < -0.39 is 26.7 Å². The molecule has 1 atom stereocenters. The van der Waals surface area contributed by atoms with E-state index in [1.807, 2.05) is 6.92 Å². The minimum Gasteiger partial charge on any atom is -0.211 e. The molecule has 3 fully saturated rings. The molecule has 0 spiro atoms. The first-order chi connectivity index (χ1) is 9.34. The fourth-order valence-electron chi connectivity index (χ4n) is 4.01. The lowest BCUT2D eigenvalue weighted by atomic mass is 9.70. The van der Waals surface area contributed by atoms with Gasteiger partial charge in [-0.05, 0) is 44.9 Å². The van der Waals surface area contributed by atoms with Crippen molar-refractivity contribution in [2.75, 3.05) is 6.54 Å². The van der Waals surface area contributed by atoms with Crippen molar-refractivity contribution in [1.29, 1.82) is 0 Å². The first-order valence-electron chi connectivity index (χ1n) is 7.65. The lowest BCUT2D eigenvalue weighted by Crippen LogP contribution is -2.66. The first kappa shape index (κ1) is 14.7. The monoisotopic (exact) mass is 307 g/mol. The predicted octanol–water partition coefficient (Wildman–Crippen LogP) is 3.16. The van der Waals surface area contributed by atoms with Crippen molar-refractivity contribution in [2.45, 2.75) is 75.0 Å². The van der Waals surface area contributed by atoms with Gasteiger partial charge >= 0.3 is 0 Å². The highest BCUT2D eigenvalue weighted by atomic mass is 32.2. The molecular weight excluding hydrogens is 284 g/mol. The summed E-state index contributed by atoms with van der Waals surface area (Å²) in [5.74, 6) is 0.341. The molecule has 1 heterocycles. The Morgan fingerprint density at radius 2 is 1.70 bits per heavy atom. The van der Waals surface area contributed by atoms with Crippen LogP contribution in [0.25, 0.3) is 0 Å². The molecule has 0 aromatic rings. The van der Waals surface area contributed by atoms with Crippen LogP contribution in [0.4, 0.5) is 8.78 Å². The van der Waals surface area contributed by atoms with Crippen molar-refractivity contribution in [3.05, 3.63) is 0 Å². The van der Waals surface area contributed by atoms with Gasteiger partial charge in [0.05, 0.1) is 0 Å². The molecule has 1 saturated heterocycles. The molecule has 6 heteroatoms. The van der Waals surface area contributed by atoms with E-state index in [0.717, 1.165) is 32.1 Å². The normalized spacial score (nSPS) is 35.0. The van der Waals surface area contributed by atoms with E-state index in [1.54, 1.807) is 0 Å². The minimum atomic E-state index is -3.86. The number of alkyl halides is 2. The van der Waals surface area contributed by atoms with Crippen LogP contribution in [-0.2, 0) is 10.0 Å². The van der Waals surface area contributed by atoms with Gasteiger partial charge < -0.3 is 0 Å². The molecule has 0 N–H and O–H groups in total. The van der Waals surface area contributed by atoms with Gasteiger partial charge in [0.2, 0.25) is 10.0 Å². The van der Waals surface area contributed by atoms with Crippen LogP contribution in [0.15, 0.2) is 0 Å². The van der Waals surface area contributed by atoms with E-state index >= 15 is 0 Å². The molecule has 1 unspecified atom stereocenters. The Morgan fingerprint density at radius 1 is 1.10 bits per heavy atom. The van der Waals surface area contributed by atoms with Crippen LogP contribution in [0.5, 0.6) is 0 Å². The molecule has 0 amide bonds. The third-order valence-electron chi connectivity index (χ3n) is 5.82. The molecule has 2 aliphatic carbocycles. The zero-order valence-corrected chi connectivity index (χ0v) is 12.8. The highest BCUT2D eigenvalue weighted by Crippen LogP contribution is 2.55. The quantitative estimate of drug-likeness (QED) is 0.800. The Morgan fingerprint density at radius 3 is 2.10 bits per heavy atom. The average molecular weight is 307 g/mol. The zero-order chi connectivity index (χ0) is 14.6. The van der Waals surface area contributed by atoms with E-state index in [4.69, 9.17) is 0 Å². The second-order valence-electron chi connectivity index (χ2n) is 6.88. The summed E-state index contributed by atoms with van der Waals surface area (Å²) in [5, 5.41) is 0. The minimum absolute atomic E-state index is 0.115. The summed E-state index contributed by atoms with van der Waals surface area (Å²) in [7, 11) is -3.86. The number of hydrogen-bond acceptors (Lipinski definition) is 2. The highest BCUT2D eigenvalue weighted by molar-refractivity contribution is 7.91. The van der Waals surface area contributed by atoms with Gasteiger partial charge in [-0.3, -0.25) is 0 Å². The fraction of sp³-hybridized carbons (Fsp3) is 1.00. The standard InChI is InChI=1S/C14H23F2NO2S/c1-13(11-5-3-2-4-6-11)9-10-17(13)20(18,19)14(7-8-14)12(15)16/h11-12H,2-10H2,1H3. The maximum atomic E-state index is 13.2. The highest BCUT2D eigenvalue weighted by Gasteiger charge is 2.67. The van der Waals surface area contributed by atoms with Crippen LogP contribution < -0.4 is 0 Å². The molecule has 3 rings (SSSR count). The lowest BCUT2D eigenvalue weighted by molar-refractivity contribution is 0.00740. The summed E-state index contributed by atoms with van der Waals surface area (Å²) in [4.78, 5) is 0. The van der Waals surface area contributed by atoms with Gasteiger partial charge in [-0.2, -0.15) is 4.31 Å². The second-order valence-corrected chi connectivity index (χ2v) is 9.09. The van der Waals surface area contributed by atoms with Gasteiger partial charge in [-0.15, -0.1) is 0 Å². The van der Waals surface area contributed by atoms with Crippen LogP contribution >= 0.6 is 0 Å². The summed E-state index contributed by atoms with van der Waals surface area (Å²) in [6.45, 7) is 2.38. The number of rotatable bonds is 4. The summed E-state index contributed by atoms with van der Waals surface area (Å²) < 4.78 is 51.3. The van der Waals surface area contributed by atoms with Crippen molar-refractivity contribution >= 4 is 10.0 Å². The Balaban J connectivity index is 1.84. The summed E-state index contributed by atoms with van der Waals surface area (Å²) in [6.07, 6.45) is 3.82. The number of nitrogens with zero attached hydrogens (tertiary/aromatic N) is 1. The largest absolute Gasteiger partial charge is 0.259 e. The Labute approximate surface area is 119 Å². The number of sulfonamides is 1. The lowest BCUT2D eigenvalue weighted by Gasteiger charge is -2.55. The van der Waals surface area contributed by atoms with Crippen LogP contribution in [0.1, 0.15) is 58.3 Å².